The number of thioether (sulfide) groups is 1. The summed E-state index contributed by atoms with van der Waals surface area (Å²) in [4.78, 5) is 4.14. The van der Waals surface area contributed by atoms with Crippen LogP contribution >= 0.6 is 11.8 Å². The van der Waals surface area contributed by atoms with Gasteiger partial charge < -0.3 is 5.73 Å². The van der Waals surface area contributed by atoms with Gasteiger partial charge in [0.2, 0.25) is 0 Å². The molecule has 1 unspecified atom stereocenters. The fourth-order valence-corrected chi connectivity index (χ4v) is 1.18. The van der Waals surface area contributed by atoms with Crippen molar-refractivity contribution < 1.29 is 0 Å². The van der Waals surface area contributed by atoms with Crippen LogP contribution in [-0.4, -0.2) is 23.9 Å². The topological polar surface area (TPSA) is 38.4 Å². The molecule has 0 aromatic heterocycles. The Morgan fingerprint density at radius 2 is 2.33 bits per heavy atom. The number of hydrogen-bond donors (Lipinski definition) is 1. The van der Waals surface area contributed by atoms with Crippen LogP contribution < -0.4 is 5.73 Å². The third kappa shape index (κ3) is 5.69. The van der Waals surface area contributed by atoms with Crippen LogP contribution in [0.25, 0.3) is 0 Å². The largest absolute Gasteiger partial charge is 0.388 e. The highest BCUT2D eigenvalue weighted by molar-refractivity contribution is 7.98. The number of nitrogens with zero attached hydrogens (tertiary/aromatic N) is 1. The van der Waals surface area contributed by atoms with Gasteiger partial charge in [0.1, 0.15) is 0 Å². The molecular weight excluding hydrogens is 132 g/mol. The van der Waals surface area contributed by atoms with E-state index in [4.69, 9.17) is 5.73 Å². The summed E-state index contributed by atoms with van der Waals surface area (Å²) in [7, 11) is 0. The molecule has 9 heavy (non-hydrogen) atoms. The second kappa shape index (κ2) is 4.68. The highest BCUT2D eigenvalue weighted by Crippen LogP contribution is 1.99. The first-order chi connectivity index (χ1) is 4.16. The smallest absolute Gasteiger partial charge is 0.0909 e. The van der Waals surface area contributed by atoms with Crippen LogP contribution in [0.2, 0.25) is 0 Å². The predicted molar refractivity (Wildman–Crippen MR) is 45.1 cm³/mol. The monoisotopic (exact) mass is 146 g/mol. The SMILES string of the molecule is CSCC(C)N=C(C)N. The zero-order chi connectivity index (χ0) is 7.28. The lowest BCUT2D eigenvalue weighted by atomic mass is 10.4. The van der Waals surface area contributed by atoms with E-state index in [2.05, 4.69) is 18.2 Å². The molecule has 0 aliphatic heterocycles. The molecule has 0 rings (SSSR count). The van der Waals surface area contributed by atoms with Crippen molar-refractivity contribution in [3.8, 4) is 0 Å². The molecule has 0 aliphatic carbocycles. The first-order valence-corrected chi connectivity index (χ1v) is 4.35. The summed E-state index contributed by atoms with van der Waals surface area (Å²) in [6.45, 7) is 3.88. The number of aliphatic imine (C=N–C) groups is 1. The Morgan fingerprint density at radius 3 is 2.67 bits per heavy atom. The van der Waals surface area contributed by atoms with Crippen molar-refractivity contribution in [1.29, 1.82) is 0 Å². The van der Waals surface area contributed by atoms with Crippen LogP contribution in [0, 0.1) is 0 Å². The summed E-state index contributed by atoms with van der Waals surface area (Å²) in [6.07, 6.45) is 2.07. The Kier molecular flexibility index (Phi) is 4.58. The van der Waals surface area contributed by atoms with Crippen LogP contribution in [0.15, 0.2) is 4.99 Å². The summed E-state index contributed by atoms with van der Waals surface area (Å²) >= 11 is 1.79. The fraction of sp³-hybridized carbons (Fsp3) is 0.833. The van der Waals surface area contributed by atoms with Crippen molar-refractivity contribution in [2.24, 2.45) is 10.7 Å². The lowest BCUT2D eigenvalue weighted by Gasteiger charge is -2.02. The molecule has 0 saturated carbocycles. The molecule has 2 nitrogen and oxygen atoms in total. The summed E-state index contributed by atoms with van der Waals surface area (Å²) in [6, 6.07) is 0.366. The summed E-state index contributed by atoms with van der Waals surface area (Å²) in [5.74, 6) is 1.73. The lowest BCUT2D eigenvalue weighted by molar-refractivity contribution is 0.846. The van der Waals surface area contributed by atoms with Crippen molar-refractivity contribution in [3.05, 3.63) is 0 Å². The van der Waals surface area contributed by atoms with Crippen molar-refractivity contribution in [2.75, 3.05) is 12.0 Å². The Bertz CT molecular complexity index is 97.2. The second-order valence-corrected chi connectivity index (χ2v) is 2.99. The first-order valence-electron chi connectivity index (χ1n) is 2.95. The Balaban J connectivity index is 3.49. The highest BCUT2D eigenvalue weighted by atomic mass is 32.2. The standard InChI is InChI=1S/C6H14N2S/c1-5(4-9-3)8-6(2)7/h5H,4H2,1-3H3,(H2,7,8). The third-order valence-electron chi connectivity index (χ3n) is 0.832. The van der Waals surface area contributed by atoms with Gasteiger partial charge in [-0.25, -0.2) is 0 Å². The van der Waals surface area contributed by atoms with Crippen molar-refractivity contribution in [3.63, 3.8) is 0 Å². The van der Waals surface area contributed by atoms with E-state index >= 15 is 0 Å². The van der Waals surface area contributed by atoms with Crippen LogP contribution in [0.3, 0.4) is 0 Å². The maximum atomic E-state index is 5.36. The summed E-state index contributed by atoms with van der Waals surface area (Å²) in [5.41, 5.74) is 5.36. The minimum atomic E-state index is 0.366. The number of hydrogen-bond acceptors (Lipinski definition) is 2. The molecule has 0 fully saturated rings. The first kappa shape index (κ1) is 8.82. The van der Waals surface area contributed by atoms with Crippen molar-refractivity contribution >= 4 is 17.6 Å². The molecule has 3 heteroatoms. The van der Waals surface area contributed by atoms with Gasteiger partial charge in [0.15, 0.2) is 0 Å². The van der Waals surface area contributed by atoms with Gasteiger partial charge in [-0.05, 0) is 20.1 Å². The number of nitrogens with two attached hydrogens (primary N) is 1. The molecule has 0 saturated heterocycles. The zero-order valence-electron chi connectivity index (χ0n) is 6.22. The number of rotatable bonds is 3. The van der Waals surface area contributed by atoms with E-state index < -0.39 is 0 Å². The van der Waals surface area contributed by atoms with E-state index in [1.54, 1.807) is 11.8 Å². The predicted octanol–water partition coefficient (Wildman–Crippen LogP) is 1.11. The van der Waals surface area contributed by atoms with E-state index in [-0.39, 0.29) is 0 Å². The average Bonchev–Trinajstić information content (AvgIpc) is 1.63. The third-order valence-corrected chi connectivity index (χ3v) is 1.65. The molecule has 0 aliphatic rings. The molecule has 0 aromatic carbocycles. The lowest BCUT2D eigenvalue weighted by Crippen LogP contribution is -2.12. The van der Waals surface area contributed by atoms with Crippen LogP contribution in [0.4, 0.5) is 0 Å². The Morgan fingerprint density at radius 1 is 1.78 bits per heavy atom. The normalized spacial score (nSPS) is 15.7. The van der Waals surface area contributed by atoms with E-state index in [0.29, 0.717) is 11.9 Å². The van der Waals surface area contributed by atoms with E-state index in [1.807, 2.05) is 6.92 Å². The maximum Gasteiger partial charge on any atom is 0.0909 e. The Hall–Kier alpha value is -0.180. The van der Waals surface area contributed by atoms with E-state index in [1.165, 1.54) is 0 Å². The molecular formula is C6H14N2S. The van der Waals surface area contributed by atoms with Crippen LogP contribution in [-0.2, 0) is 0 Å². The van der Waals surface area contributed by atoms with Gasteiger partial charge in [-0.1, -0.05) is 0 Å². The molecule has 54 valence electrons. The molecule has 0 aromatic rings. The van der Waals surface area contributed by atoms with Crippen molar-refractivity contribution in [1.82, 2.24) is 0 Å². The molecule has 2 N–H and O–H groups in total. The van der Waals surface area contributed by atoms with Gasteiger partial charge in [-0.2, -0.15) is 11.8 Å². The quantitative estimate of drug-likeness (QED) is 0.478. The molecule has 0 bridgehead atoms. The molecule has 0 radical (unpaired) electrons. The fourth-order valence-electron chi connectivity index (χ4n) is 0.626. The van der Waals surface area contributed by atoms with Gasteiger partial charge in [0, 0.05) is 5.75 Å². The Labute approximate surface area is 60.9 Å². The second-order valence-electron chi connectivity index (χ2n) is 2.07. The van der Waals surface area contributed by atoms with Gasteiger partial charge in [-0.15, -0.1) is 0 Å². The number of amidine groups is 1. The molecule has 0 spiro atoms. The molecule has 0 amide bonds. The average molecular weight is 146 g/mol. The van der Waals surface area contributed by atoms with Gasteiger partial charge in [0.25, 0.3) is 0 Å². The zero-order valence-corrected chi connectivity index (χ0v) is 7.03. The summed E-state index contributed by atoms with van der Waals surface area (Å²) in [5, 5.41) is 0. The van der Waals surface area contributed by atoms with Gasteiger partial charge in [0.05, 0.1) is 11.9 Å². The van der Waals surface area contributed by atoms with E-state index in [9.17, 15) is 0 Å². The van der Waals surface area contributed by atoms with Gasteiger partial charge >= 0.3 is 0 Å². The van der Waals surface area contributed by atoms with Crippen molar-refractivity contribution in [2.45, 2.75) is 19.9 Å². The van der Waals surface area contributed by atoms with Gasteiger partial charge in [-0.3, -0.25) is 4.99 Å². The highest BCUT2D eigenvalue weighted by Gasteiger charge is 1.94. The molecule has 0 heterocycles. The molecule has 1 atom stereocenters. The van der Waals surface area contributed by atoms with E-state index in [0.717, 1.165) is 5.75 Å². The van der Waals surface area contributed by atoms with Crippen LogP contribution in [0.1, 0.15) is 13.8 Å². The minimum absolute atomic E-state index is 0.366. The summed E-state index contributed by atoms with van der Waals surface area (Å²) < 4.78 is 0. The maximum absolute atomic E-state index is 5.36. The van der Waals surface area contributed by atoms with Crippen LogP contribution in [0.5, 0.6) is 0 Å². The minimum Gasteiger partial charge on any atom is -0.388 e.